The van der Waals surface area contributed by atoms with E-state index >= 15 is 0 Å². The fraction of sp³-hybridized carbons (Fsp3) is 0.435. The van der Waals surface area contributed by atoms with Crippen LogP contribution in [0.2, 0.25) is 0 Å². The molecule has 0 aromatic heterocycles. The lowest BCUT2D eigenvalue weighted by Gasteiger charge is -2.31. The first kappa shape index (κ1) is 19.4. The number of benzene rings is 2. The number of carbonyl (C=O) groups excluding carboxylic acids is 1. The first-order chi connectivity index (χ1) is 13.1. The smallest absolute Gasteiger partial charge is 0.224 e. The van der Waals surface area contributed by atoms with Crippen LogP contribution in [0.4, 0.5) is 0 Å². The maximum absolute atomic E-state index is 12.3. The molecule has 0 unspecified atom stereocenters. The third-order valence-corrected chi connectivity index (χ3v) is 5.25. The van der Waals surface area contributed by atoms with Gasteiger partial charge in [-0.05, 0) is 54.1 Å². The summed E-state index contributed by atoms with van der Waals surface area (Å²) in [5.41, 5.74) is 3.51. The van der Waals surface area contributed by atoms with E-state index in [9.17, 15) is 4.79 Å². The van der Waals surface area contributed by atoms with Gasteiger partial charge in [0.2, 0.25) is 5.91 Å². The molecule has 0 aliphatic carbocycles. The molecular formula is C23H30N2O2. The molecule has 144 valence electrons. The van der Waals surface area contributed by atoms with Crippen LogP contribution in [0.1, 0.15) is 36.5 Å². The normalized spacial score (nSPS) is 17.5. The predicted octanol–water partition coefficient (Wildman–Crippen LogP) is 3.79. The number of piperidine rings is 1. The van der Waals surface area contributed by atoms with E-state index in [0.717, 1.165) is 30.3 Å². The van der Waals surface area contributed by atoms with Gasteiger partial charge in [-0.2, -0.15) is 0 Å². The third-order valence-electron chi connectivity index (χ3n) is 5.25. The molecule has 1 saturated heterocycles. The summed E-state index contributed by atoms with van der Waals surface area (Å²) in [6.45, 7) is 6.21. The van der Waals surface area contributed by atoms with Crippen molar-refractivity contribution in [3.8, 4) is 5.75 Å². The van der Waals surface area contributed by atoms with Gasteiger partial charge in [-0.15, -0.1) is 0 Å². The van der Waals surface area contributed by atoms with Crippen molar-refractivity contribution in [3.63, 3.8) is 0 Å². The van der Waals surface area contributed by atoms with E-state index in [4.69, 9.17) is 4.74 Å². The van der Waals surface area contributed by atoms with Gasteiger partial charge >= 0.3 is 0 Å². The topological polar surface area (TPSA) is 41.6 Å². The van der Waals surface area contributed by atoms with Crippen LogP contribution < -0.4 is 10.1 Å². The fourth-order valence-electron chi connectivity index (χ4n) is 3.74. The molecule has 27 heavy (non-hydrogen) atoms. The van der Waals surface area contributed by atoms with Crippen LogP contribution in [0.25, 0.3) is 0 Å². The monoisotopic (exact) mass is 366 g/mol. The van der Waals surface area contributed by atoms with Crippen LogP contribution in [0.15, 0.2) is 48.5 Å². The highest BCUT2D eigenvalue weighted by molar-refractivity contribution is 5.78. The van der Waals surface area contributed by atoms with Crippen LogP contribution in [-0.2, 0) is 24.3 Å². The molecule has 1 heterocycles. The zero-order chi connectivity index (χ0) is 19.1. The van der Waals surface area contributed by atoms with Gasteiger partial charge in [-0.1, -0.05) is 43.3 Å². The van der Waals surface area contributed by atoms with Crippen molar-refractivity contribution in [2.75, 3.05) is 20.2 Å². The van der Waals surface area contributed by atoms with E-state index in [-0.39, 0.29) is 5.91 Å². The van der Waals surface area contributed by atoms with E-state index in [0.29, 0.717) is 13.0 Å². The molecule has 0 saturated carbocycles. The molecule has 2 aromatic carbocycles. The average molecular weight is 367 g/mol. The summed E-state index contributed by atoms with van der Waals surface area (Å²) < 4.78 is 5.16. The van der Waals surface area contributed by atoms with Crippen molar-refractivity contribution in [2.45, 2.75) is 39.3 Å². The average Bonchev–Trinajstić information content (AvgIpc) is 2.68. The van der Waals surface area contributed by atoms with Crippen molar-refractivity contribution < 1.29 is 9.53 Å². The quantitative estimate of drug-likeness (QED) is 0.811. The Hall–Kier alpha value is -2.33. The van der Waals surface area contributed by atoms with Crippen LogP contribution in [-0.4, -0.2) is 31.0 Å². The predicted molar refractivity (Wildman–Crippen MR) is 109 cm³/mol. The standard InChI is InChI=1S/C23H30N2O2/c1-18-6-5-13-25(16-18)17-21-8-4-3-7-20(21)15-24-23(26)14-19-9-11-22(27-2)12-10-19/h3-4,7-12,18H,5-6,13-17H2,1-2H3,(H,24,26)/t18-/m1/s1. The molecule has 0 spiro atoms. The van der Waals surface area contributed by atoms with Gasteiger partial charge in [0.15, 0.2) is 0 Å². The number of methoxy groups -OCH3 is 1. The van der Waals surface area contributed by atoms with Gasteiger partial charge in [0.05, 0.1) is 13.5 Å². The first-order valence-electron chi connectivity index (χ1n) is 9.83. The zero-order valence-corrected chi connectivity index (χ0v) is 16.4. The minimum absolute atomic E-state index is 0.0431. The highest BCUT2D eigenvalue weighted by Gasteiger charge is 2.17. The molecule has 0 radical (unpaired) electrons. The second-order valence-electron chi connectivity index (χ2n) is 7.55. The number of nitrogens with one attached hydrogen (secondary N) is 1. The Morgan fingerprint density at radius 3 is 2.59 bits per heavy atom. The number of carbonyl (C=O) groups is 1. The van der Waals surface area contributed by atoms with E-state index in [1.165, 1.54) is 30.5 Å². The number of hydrogen-bond acceptors (Lipinski definition) is 3. The van der Waals surface area contributed by atoms with Gasteiger partial charge < -0.3 is 10.1 Å². The Kier molecular flexibility index (Phi) is 6.88. The van der Waals surface area contributed by atoms with E-state index in [1.54, 1.807) is 7.11 Å². The van der Waals surface area contributed by atoms with Gasteiger partial charge in [0, 0.05) is 19.6 Å². The highest BCUT2D eigenvalue weighted by Crippen LogP contribution is 2.19. The fourth-order valence-corrected chi connectivity index (χ4v) is 3.74. The van der Waals surface area contributed by atoms with Crippen molar-refractivity contribution >= 4 is 5.91 Å². The van der Waals surface area contributed by atoms with Gasteiger partial charge in [0.25, 0.3) is 0 Å². The molecule has 0 bridgehead atoms. The summed E-state index contributed by atoms with van der Waals surface area (Å²) in [7, 11) is 1.64. The highest BCUT2D eigenvalue weighted by atomic mass is 16.5. The van der Waals surface area contributed by atoms with E-state index in [2.05, 4.69) is 35.3 Å². The summed E-state index contributed by atoms with van der Waals surface area (Å²) in [6, 6.07) is 16.1. The third kappa shape index (κ3) is 5.83. The molecule has 4 heteroatoms. The Morgan fingerprint density at radius 2 is 1.89 bits per heavy atom. The summed E-state index contributed by atoms with van der Waals surface area (Å²) in [4.78, 5) is 14.9. The summed E-state index contributed by atoms with van der Waals surface area (Å²) >= 11 is 0. The molecule has 1 fully saturated rings. The number of rotatable bonds is 7. The number of likely N-dealkylation sites (tertiary alicyclic amines) is 1. The van der Waals surface area contributed by atoms with Crippen molar-refractivity contribution in [2.24, 2.45) is 5.92 Å². The Labute approximate surface area is 162 Å². The Bertz CT molecular complexity index is 742. The number of ether oxygens (including phenoxy) is 1. The Balaban J connectivity index is 1.54. The molecule has 4 nitrogen and oxygen atoms in total. The van der Waals surface area contributed by atoms with Crippen molar-refractivity contribution in [1.29, 1.82) is 0 Å². The van der Waals surface area contributed by atoms with Gasteiger partial charge in [0.1, 0.15) is 5.75 Å². The maximum Gasteiger partial charge on any atom is 0.224 e. The lowest BCUT2D eigenvalue weighted by molar-refractivity contribution is -0.120. The molecule has 1 aliphatic heterocycles. The van der Waals surface area contributed by atoms with Crippen molar-refractivity contribution in [3.05, 3.63) is 65.2 Å². The van der Waals surface area contributed by atoms with Crippen LogP contribution >= 0.6 is 0 Å². The van der Waals surface area contributed by atoms with E-state index in [1.807, 2.05) is 30.3 Å². The molecular weight excluding hydrogens is 336 g/mol. The Morgan fingerprint density at radius 1 is 1.15 bits per heavy atom. The van der Waals surface area contributed by atoms with E-state index < -0.39 is 0 Å². The molecule has 1 amide bonds. The summed E-state index contributed by atoms with van der Waals surface area (Å²) in [5.74, 6) is 1.62. The molecule has 1 aliphatic rings. The lowest BCUT2D eigenvalue weighted by atomic mass is 9.99. The number of hydrogen-bond donors (Lipinski definition) is 1. The van der Waals surface area contributed by atoms with Crippen molar-refractivity contribution in [1.82, 2.24) is 10.2 Å². The van der Waals surface area contributed by atoms with Crippen LogP contribution in [0, 0.1) is 5.92 Å². The van der Waals surface area contributed by atoms with Crippen LogP contribution in [0.3, 0.4) is 0 Å². The SMILES string of the molecule is COc1ccc(CC(=O)NCc2ccccc2CN2CCC[C@@H](C)C2)cc1. The van der Waals surface area contributed by atoms with Crippen LogP contribution in [0.5, 0.6) is 5.75 Å². The second-order valence-corrected chi connectivity index (χ2v) is 7.55. The largest absolute Gasteiger partial charge is 0.497 e. The molecule has 2 aromatic rings. The number of nitrogens with zero attached hydrogens (tertiary/aromatic N) is 1. The molecule has 1 atom stereocenters. The maximum atomic E-state index is 12.3. The molecule has 3 rings (SSSR count). The van der Waals surface area contributed by atoms with Gasteiger partial charge in [-0.25, -0.2) is 0 Å². The minimum atomic E-state index is 0.0431. The lowest BCUT2D eigenvalue weighted by Crippen LogP contribution is -2.34. The second kappa shape index (κ2) is 9.56. The summed E-state index contributed by atoms with van der Waals surface area (Å²) in [5, 5.41) is 3.07. The first-order valence-corrected chi connectivity index (χ1v) is 9.83. The number of amides is 1. The molecule has 1 N–H and O–H groups in total. The summed E-state index contributed by atoms with van der Waals surface area (Å²) in [6.07, 6.45) is 3.00. The zero-order valence-electron chi connectivity index (χ0n) is 16.4. The van der Waals surface area contributed by atoms with Gasteiger partial charge in [-0.3, -0.25) is 9.69 Å². The minimum Gasteiger partial charge on any atom is -0.497 e.